The first-order chi connectivity index (χ1) is 12.3. The van der Waals surface area contributed by atoms with Gasteiger partial charge in [-0.05, 0) is 44.1 Å². The maximum Gasteiger partial charge on any atom is 0.272 e. The zero-order chi connectivity index (χ0) is 17.1. The first-order valence-electron chi connectivity index (χ1n) is 9.51. The highest BCUT2D eigenvalue weighted by Crippen LogP contribution is 2.41. The van der Waals surface area contributed by atoms with E-state index in [1.807, 2.05) is 4.90 Å². The smallest absolute Gasteiger partial charge is 0.272 e. The summed E-state index contributed by atoms with van der Waals surface area (Å²) in [5.41, 5.74) is 0.402. The highest BCUT2D eigenvalue weighted by Gasteiger charge is 2.47. The van der Waals surface area contributed by atoms with E-state index in [4.69, 9.17) is 9.47 Å². The maximum absolute atomic E-state index is 12.8. The standard InChI is InChI=1S/C19H27N3O3/c23-18(16-5-8-20-14-21-16)22-9-6-17-19(12-22,7-2-10-25-17)13-24-11-15-3-1-4-15/h5,8,14-15,17H,1-4,6-7,9-13H2. The van der Waals surface area contributed by atoms with Crippen LogP contribution in [0, 0.1) is 11.3 Å². The number of rotatable bonds is 5. The van der Waals surface area contributed by atoms with Gasteiger partial charge in [-0.25, -0.2) is 9.97 Å². The van der Waals surface area contributed by atoms with E-state index in [2.05, 4.69) is 9.97 Å². The molecule has 2 aliphatic heterocycles. The largest absolute Gasteiger partial charge is 0.380 e. The quantitative estimate of drug-likeness (QED) is 0.819. The topological polar surface area (TPSA) is 64.6 Å². The highest BCUT2D eigenvalue weighted by atomic mass is 16.5. The second-order valence-corrected chi connectivity index (χ2v) is 7.75. The Morgan fingerprint density at radius 2 is 2.28 bits per heavy atom. The summed E-state index contributed by atoms with van der Waals surface area (Å²) < 4.78 is 12.2. The molecule has 3 fully saturated rings. The lowest BCUT2D eigenvalue weighted by atomic mass is 9.73. The monoisotopic (exact) mass is 345 g/mol. The van der Waals surface area contributed by atoms with Crippen LogP contribution in [0.15, 0.2) is 18.6 Å². The van der Waals surface area contributed by atoms with Crippen molar-refractivity contribution < 1.29 is 14.3 Å². The molecule has 4 rings (SSSR count). The molecule has 1 aromatic rings. The van der Waals surface area contributed by atoms with E-state index in [1.54, 1.807) is 12.3 Å². The van der Waals surface area contributed by atoms with Gasteiger partial charge in [0.25, 0.3) is 5.91 Å². The molecular weight excluding hydrogens is 318 g/mol. The zero-order valence-electron chi connectivity index (χ0n) is 14.7. The molecule has 136 valence electrons. The number of likely N-dealkylation sites (tertiary alicyclic amines) is 1. The Kier molecular flexibility index (Phi) is 4.99. The van der Waals surface area contributed by atoms with Crippen molar-refractivity contribution in [2.75, 3.05) is 32.9 Å². The van der Waals surface area contributed by atoms with Crippen molar-refractivity contribution in [2.24, 2.45) is 11.3 Å². The Hall–Kier alpha value is -1.53. The lowest BCUT2D eigenvalue weighted by Crippen LogP contribution is -2.58. The molecule has 2 saturated heterocycles. The van der Waals surface area contributed by atoms with Crippen LogP contribution >= 0.6 is 0 Å². The van der Waals surface area contributed by atoms with Crippen LogP contribution in [-0.4, -0.2) is 59.8 Å². The molecule has 6 heteroatoms. The number of ether oxygens (including phenoxy) is 2. The lowest BCUT2D eigenvalue weighted by Gasteiger charge is -2.50. The number of carbonyl (C=O) groups excluding carboxylic acids is 1. The second kappa shape index (κ2) is 7.38. The van der Waals surface area contributed by atoms with Gasteiger partial charge in [-0.1, -0.05) is 6.42 Å². The van der Waals surface area contributed by atoms with Gasteiger partial charge in [0.05, 0.1) is 12.7 Å². The summed E-state index contributed by atoms with van der Waals surface area (Å²) in [6, 6.07) is 1.69. The third kappa shape index (κ3) is 3.55. The Balaban J connectivity index is 1.44. The first kappa shape index (κ1) is 16.9. The van der Waals surface area contributed by atoms with E-state index in [-0.39, 0.29) is 17.4 Å². The van der Waals surface area contributed by atoms with E-state index in [0.717, 1.165) is 44.9 Å². The van der Waals surface area contributed by atoms with Gasteiger partial charge >= 0.3 is 0 Å². The predicted octanol–water partition coefficient (Wildman–Crippen LogP) is 2.30. The van der Waals surface area contributed by atoms with Gasteiger partial charge in [-0.3, -0.25) is 4.79 Å². The van der Waals surface area contributed by atoms with Gasteiger partial charge in [-0.2, -0.15) is 0 Å². The number of fused-ring (bicyclic) bond motifs is 1. The van der Waals surface area contributed by atoms with Crippen LogP contribution in [0.1, 0.15) is 49.0 Å². The van der Waals surface area contributed by atoms with Crippen LogP contribution in [0.5, 0.6) is 0 Å². The summed E-state index contributed by atoms with van der Waals surface area (Å²) >= 11 is 0. The number of carbonyl (C=O) groups is 1. The molecule has 1 saturated carbocycles. The van der Waals surface area contributed by atoms with Crippen molar-refractivity contribution in [3.8, 4) is 0 Å². The molecule has 1 aromatic heterocycles. The number of amides is 1. The van der Waals surface area contributed by atoms with Crippen molar-refractivity contribution in [1.29, 1.82) is 0 Å². The zero-order valence-corrected chi connectivity index (χ0v) is 14.7. The van der Waals surface area contributed by atoms with E-state index < -0.39 is 0 Å². The molecule has 1 amide bonds. The van der Waals surface area contributed by atoms with Crippen LogP contribution in [0.2, 0.25) is 0 Å². The summed E-state index contributed by atoms with van der Waals surface area (Å²) in [5, 5.41) is 0. The number of hydrogen-bond acceptors (Lipinski definition) is 5. The van der Waals surface area contributed by atoms with Crippen LogP contribution in [0.4, 0.5) is 0 Å². The van der Waals surface area contributed by atoms with Gasteiger partial charge in [0.15, 0.2) is 0 Å². The predicted molar refractivity (Wildman–Crippen MR) is 92.1 cm³/mol. The third-order valence-corrected chi connectivity index (χ3v) is 6.04. The Morgan fingerprint density at radius 3 is 3.04 bits per heavy atom. The molecule has 1 aliphatic carbocycles. The highest BCUT2D eigenvalue weighted by molar-refractivity contribution is 5.92. The number of piperidine rings is 1. The molecule has 3 aliphatic rings. The molecular formula is C19H27N3O3. The van der Waals surface area contributed by atoms with Crippen LogP contribution < -0.4 is 0 Å². The third-order valence-electron chi connectivity index (χ3n) is 6.04. The minimum absolute atomic E-state index is 0.00945. The van der Waals surface area contributed by atoms with Crippen molar-refractivity contribution in [2.45, 2.75) is 44.6 Å². The second-order valence-electron chi connectivity index (χ2n) is 7.75. The average Bonchev–Trinajstić information content (AvgIpc) is 2.63. The number of aromatic nitrogens is 2. The summed E-state index contributed by atoms with van der Waals surface area (Å²) in [7, 11) is 0. The molecule has 0 bridgehead atoms. The van der Waals surface area contributed by atoms with Gasteiger partial charge < -0.3 is 14.4 Å². The fourth-order valence-corrected chi connectivity index (χ4v) is 4.34. The van der Waals surface area contributed by atoms with E-state index >= 15 is 0 Å². The summed E-state index contributed by atoms with van der Waals surface area (Å²) in [6.07, 6.45) is 10.2. The molecule has 0 aromatic carbocycles. The van der Waals surface area contributed by atoms with Gasteiger partial charge in [0.2, 0.25) is 0 Å². The minimum Gasteiger partial charge on any atom is -0.380 e. The fourth-order valence-electron chi connectivity index (χ4n) is 4.34. The number of hydrogen-bond donors (Lipinski definition) is 0. The molecule has 25 heavy (non-hydrogen) atoms. The van der Waals surface area contributed by atoms with Crippen molar-refractivity contribution in [3.05, 3.63) is 24.3 Å². The maximum atomic E-state index is 12.8. The van der Waals surface area contributed by atoms with Gasteiger partial charge in [0.1, 0.15) is 12.0 Å². The van der Waals surface area contributed by atoms with Crippen molar-refractivity contribution >= 4 is 5.91 Å². The molecule has 3 heterocycles. The van der Waals surface area contributed by atoms with Crippen LogP contribution in [0.25, 0.3) is 0 Å². The molecule has 2 unspecified atom stereocenters. The normalized spacial score (nSPS) is 29.8. The lowest BCUT2D eigenvalue weighted by molar-refractivity contribution is -0.150. The van der Waals surface area contributed by atoms with Gasteiger partial charge in [0, 0.05) is 37.9 Å². The Morgan fingerprint density at radius 1 is 1.36 bits per heavy atom. The molecule has 6 nitrogen and oxygen atoms in total. The SMILES string of the molecule is O=C(c1ccncn1)N1CCC2OCCCC2(COCC2CCC2)C1. The molecule has 0 radical (unpaired) electrons. The van der Waals surface area contributed by atoms with E-state index in [0.29, 0.717) is 18.8 Å². The summed E-state index contributed by atoms with van der Waals surface area (Å²) in [6.45, 7) is 3.80. The van der Waals surface area contributed by atoms with Crippen LogP contribution in [0.3, 0.4) is 0 Å². The Bertz CT molecular complexity index is 593. The van der Waals surface area contributed by atoms with Gasteiger partial charge in [-0.15, -0.1) is 0 Å². The summed E-state index contributed by atoms with van der Waals surface area (Å²) in [5.74, 6) is 0.728. The van der Waals surface area contributed by atoms with E-state index in [1.165, 1.54) is 25.6 Å². The average molecular weight is 345 g/mol. The Labute approximate surface area is 148 Å². The van der Waals surface area contributed by atoms with Crippen molar-refractivity contribution in [3.63, 3.8) is 0 Å². The minimum atomic E-state index is -0.0665. The van der Waals surface area contributed by atoms with E-state index in [9.17, 15) is 4.79 Å². The van der Waals surface area contributed by atoms with Crippen molar-refractivity contribution in [1.82, 2.24) is 14.9 Å². The molecule has 0 N–H and O–H groups in total. The summed E-state index contributed by atoms with van der Waals surface area (Å²) in [4.78, 5) is 22.8. The molecule has 0 spiro atoms. The number of nitrogens with zero attached hydrogens (tertiary/aromatic N) is 3. The first-order valence-corrected chi connectivity index (χ1v) is 9.51. The van der Waals surface area contributed by atoms with Crippen LogP contribution in [-0.2, 0) is 9.47 Å². The fraction of sp³-hybridized carbons (Fsp3) is 0.737. The molecule has 2 atom stereocenters.